The quantitative estimate of drug-likeness (QED) is 0.449. The number of pyridine rings is 1. The van der Waals surface area contributed by atoms with Gasteiger partial charge in [0.15, 0.2) is 0 Å². The van der Waals surface area contributed by atoms with Crippen LogP contribution in [0.15, 0.2) is 58.2 Å². The summed E-state index contributed by atoms with van der Waals surface area (Å²) >= 11 is 3.48. The van der Waals surface area contributed by atoms with Crippen LogP contribution < -0.4 is 5.84 Å². The number of hydrazone groups is 1. The number of benzene rings is 1. The molecule has 0 unspecified atom stereocenters. The average Bonchev–Trinajstić information content (AvgIpc) is 2.79. The Balaban J connectivity index is 2.29. The molecule has 0 atom stereocenters. The van der Waals surface area contributed by atoms with Gasteiger partial charge < -0.3 is 5.84 Å². The van der Waals surface area contributed by atoms with Gasteiger partial charge in [-0.2, -0.15) is 5.10 Å². The molecule has 2 N–H and O–H groups in total. The first-order valence-electron chi connectivity index (χ1n) is 5.76. The molecule has 3 rings (SSSR count). The van der Waals surface area contributed by atoms with E-state index in [1.807, 2.05) is 53.1 Å². The molecule has 0 fully saturated rings. The van der Waals surface area contributed by atoms with Gasteiger partial charge in [-0.05, 0) is 24.3 Å². The highest BCUT2D eigenvalue weighted by Crippen LogP contribution is 2.24. The monoisotopic (exact) mass is 314 g/mol. The summed E-state index contributed by atoms with van der Waals surface area (Å²) in [5.74, 6) is 6.10. The normalized spacial score (nSPS) is 11.4. The zero-order chi connectivity index (χ0) is 13.2. The van der Waals surface area contributed by atoms with E-state index in [0.717, 1.165) is 27.1 Å². The molecule has 5 heteroatoms. The van der Waals surface area contributed by atoms with Gasteiger partial charge in [0.25, 0.3) is 0 Å². The summed E-state index contributed by atoms with van der Waals surface area (Å²) in [7, 11) is 0. The van der Waals surface area contributed by atoms with E-state index in [0.29, 0.717) is 0 Å². The van der Waals surface area contributed by atoms with Crippen LogP contribution in [0.25, 0.3) is 16.9 Å². The summed E-state index contributed by atoms with van der Waals surface area (Å²) in [4.78, 5) is 4.60. The van der Waals surface area contributed by atoms with Crippen LogP contribution >= 0.6 is 15.9 Å². The van der Waals surface area contributed by atoms with Crippen molar-refractivity contribution in [2.24, 2.45) is 10.9 Å². The molecule has 0 aliphatic carbocycles. The lowest BCUT2D eigenvalue weighted by Gasteiger charge is -2.01. The molecular formula is C14H11BrN4. The maximum absolute atomic E-state index is 5.24. The first kappa shape index (κ1) is 11.9. The van der Waals surface area contributed by atoms with Crippen LogP contribution in [0.2, 0.25) is 0 Å². The van der Waals surface area contributed by atoms with Gasteiger partial charge >= 0.3 is 0 Å². The number of fused-ring (bicyclic) bond motifs is 1. The lowest BCUT2D eigenvalue weighted by atomic mass is 10.2. The number of imidazole rings is 1. The second-order valence-corrected chi connectivity index (χ2v) is 4.98. The lowest BCUT2D eigenvalue weighted by molar-refractivity contribution is 1.16. The van der Waals surface area contributed by atoms with Crippen molar-refractivity contribution in [3.05, 3.63) is 58.8 Å². The van der Waals surface area contributed by atoms with Crippen molar-refractivity contribution >= 4 is 27.7 Å². The highest BCUT2D eigenvalue weighted by molar-refractivity contribution is 9.10. The van der Waals surface area contributed by atoms with Gasteiger partial charge in [0.1, 0.15) is 11.5 Å². The first-order valence-corrected chi connectivity index (χ1v) is 6.55. The third-order valence-electron chi connectivity index (χ3n) is 2.86. The Morgan fingerprint density at radius 1 is 1.21 bits per heavy atom. The summed E-state index contributed by atoms with van der Waals surface area (Å²) in [5.41, 5.74) is 2.77. The van der Waals surface area contributed by atoms with Gasteiger partial charge in [-0.3, -0.25) is 4.40 Å². The number of rotatable bonds is 2. The lowest BCUT2D eigenvalue weighted by Crippen LogP contribution is -1.88. The zero-order valence-corrected chi connectivity index (χ0v) is 11.6. The summed E-state index contributed by atoms with van der Waals surface area (Å²) < 4.78 is 3.05. The van der Waals surface area contributed by atoms with Gasteiger partial charge in [0, 0.05) is 16.2 Å². The molecule has 4 nitrogen and oxygen atoms in total. The Morgan fingerprint density at radius 3 is 2.89 bits per heavy atom. The standard InChI is InChI=1S/C14H11BrN4/c15-11-5-3-4-10(8-11)14-18-12(9-17-16)13-6-1-2-7-19(13)14/h1-9H,16H2/b17-9+. The second kappa shape index (κ2) is 4.85. The predicted molar refractivity (Wildman–Crippen MR) is 80.1 cm³/mol. The molecular weight excluding hydrogens is 304 g/mol. The zero-order valence-electron chi connectivity index (χ0n) is 9.99. The summed E-state index contributed by atoms with van der Waals surface area (Å²) in [5, 5.41) is 3.57. The van der Waals surface area contributed by atoms with Crippen molar-refractivity contribution in [2.75, 3.05) is 0 Å². The number of halogens is 1. The molecule has 2 heterocycles. The summed E-state index contributed by atoms with van der Waals surface area (Å²) in [6, 6.07) is 14.0. The van der Waals surface area contributed by atoms with Crippen molar-refractivity contribution in [1.82, 2.24) is 9.38 Å². The second-order valence-electron chi connectivity index (χ2n) is 4.07. The molecule has 0 saturated heterocycles. The van der Waals surface area contributed by atoms with Gasteiger partial charge in [-0.15, -0.1) is 0 Å². The smallest absolute Gasteiger partial charge is 0.145 e. The molecule has 0 aliphatic heterocycles. The minimum atomic E-state index is 0.762. The van der Waals surface area contributed by atoms with E-state index in [-0.39, 0.29) is 0 Å². The van der Waals surface area contributed by atoms with Gasteiger partial charge in [-0.1, -0.05) is 34.1 Å². The molecule has 19 heavy (non-hydrogen) atoms. The predicted octanol–water partition coefficient (Wildman–Crippen LogP) is 3.06. The SMILES string of the molecule is N/N=C/c1nc(-c2cccc(Br)c2)n2ccccc12. The number of hydrogen-bond donors (Lipinski definition) is 1. The van der Waals surface area contributed by atoms with E-state index in [2.05, 4.69) is 26.0 Å². The molecule has 0 saturated carbocycles. The van der Waals surface area contributed by atoms with E-state index >= 15 is 0 Å². The van der Waals surface area contributed by atoms with Gasteiger partial charge in [-0.25, -0.2) is 4.98 Å². The van der Waals surface area contributed by atoms with Crippen molar-refractivity contribution < 1.29 is 0 Å². The number of aromatic nitrogens is 2. The van der Waals surface area contributed by atoms with Crippen LogP contribution in [-0.2, 0) is 0 Å². The van der Waals surface area contributed by atoms with Crippen LogP contribution in [0.1, 0.15) is 5.69 Å². The minimum absolute atomic E-state index is 0.762. The van der Waals surface area contributed by atoms with E-state index < -0.39 is 0 Å². The number of nitrogens with zero attached hydrogens (tertiary/aromatic N) is 3. The fourth-order valence-electron chi connectivity index (χ4n) is 2.06. The summed E-state index contributed by atoms with van der Waals surface area (Å²) in [6.07, 6.45) is 3.54. The van der Waals surface area contributed by atoms with Gasteiger partial charge in [0.05, 0.1) is 11.7 Å². The Morgan fingerprint density at radius 2 is 2.11 bits per heavy atom. The Bertz CT molecular complexity index is 761. The highest BCUT2D eigenvalue weighted by atomic mass is 79.9. The van der Waals surface area contributed by atoms with Crippen LogP contribution in [0.5, 0.6) is 0 Å². The topological polar surface area (TPSA) is 55.7 Å². The molecule has 94 valence electrons. The van der Waals surface area contributed by atoms with Crippen molar-refractivity contribution in [3.8, 4) is 11.4 Å². The van der Waals surface area contributed by atoms with Crippen molar-refractivity contribution in [2.45, 2.75) is 0 Å². The van der Waals surface area contributed by atoms with Crippen molar-refractivity contribution in [1.29, 1.82) is 0 Å². The fourth-order valence-corrected chi connectivity index (χ4v) is 2.46. The molecule has 2 aromatic heterocycles. The van der Waals surface area contributed by atoms with E-state index in [4.69, 9.17) is 5.84 Å². The fraction of sp³-hybridized carbons (Fsp3) is 0. The Hall–Kier alpha value is -2.14. The minimum Gasteiger partial charge on any atom is -0.323 e. The summed E-state index contributed by atoms with van der Waals surface area (Å²) in [6.45, 7) is 0. The third kappa shape index (κ3) is 2.13. The third-order valence-corrected chi connectivity index (χ3v) is 3.35. The number of nitrogens with two attached hydrogens (primary N) is 1. The van der Waals surface area contributed by atoms with Crippen LogP contribution in [0, 0.1) is 0 Å². The Kier molecular flexibility index (Phi) is 3.05. The Labute approximate surface area is 118 Å². The van der Waals surface area contributed by atoms with Crippen LogP contribution in [-0.4, -0.2) is 15.6 Å². The molecule has 0 radical (unpaired) electrons. The van der Waals surface area contributed by atoms with E-state index in [1.54, 1.807) is 6.21 Å². The van der Waals surface area contributed by atoms with E-state index in [9.17, 15) is 0 Å². The maximum atomic E-state index is 5.24. The molecule has 0 bridgehead atoms. The van der Waals surface area contributed by atoms with Gasteiger partial charge in [0.2, 0.25) is 0 Å². The molecule has 0 aliphatic rings. The molecule has 0 spiro atoms. The largest absolute Gasteiger partial charge is 0.323 e. The maximum Gasteiger partial charge on any atom is 0.145 e. The molecule has 1 aromatic carbocycles. The molecule has 3 aromatic rings. The first-order chi connectivity index (χ1) is 9.29. The number of hydrogen-bond acceptors (Lipinski definition) is 3. The van der Waals surface area contributed by atoms with E-state index in [1.165, 1.54) is 0 Å². The van der Waals surface area contributed by atoms with Crippen LogP contribution in [0.4, 0.5) is 0 Å². The highest BCUT2D eigenvalue weighted by Gasteiger charge is 2.10. The average molecular weight is 315 g/mol. The van der Waals surface area contributed by atoms with Crippen molar-refractivity contribution in [3.63, 3.8) is 0 Å². The molecule has 0 amide bonds. The van der Waals surface area contributed by atoms with Crippen LogP contribution in [0.3, 0.4) is 0 Å².